The minimum Gasteiger partial charge on any atom is -0.370 e. The van der Waals surface area contributed by atoms with Crippen molar-refractivity contribution in [3.05, 3.63) is 111 Å². The molecular formula is C30H30FNO2. The molecule has 0 spiro atoms. The van der Waals surface area contributed by atoms with E-state index in [2.05, 4.69) is 31.7 Å². The maximum atomic E-state index is 13.9. The standard InChI is InChI=1S/C30H30FNO2/c1-19-7-4-10-22(27(19)28(32)33)18-34-30(3)14-13-23-16-26-21(17-29(23,30)2)9-6-12-25(26)20-8-5-11-24(31)15-20/h4-5,7-12,15-16,25H,13-14,17-18H2,1-3H3,(H2,32,33)/t25?,29?,30-/m0/s1. The van der Waals surface area contributed by atoms with Gasteiger partial charge in [-0.2, -0.15) is 0 Å². The number of nitrogens with two attached hydrogens (primary N) is 1. The van der Waals surface area contributed by atoms with Crippen LogP contribution in [0.25, 0.3) is 0 Å². The van der Waals surface area contributed by atoms with Crippen LogP contribution in [0.2, 0.25) is 0 Å². The van der Waals surface area contributed by atoms with Gasteiger partial charge in [0, 0.05) is 16.9 Å². The zero-order valence-corrected chi connectivity index (χ0v) is 20.0. The van der Waals surface area contributed by atoms with Crippen molar-refractivity contribution in [2.24, 2.45) is 11.1 Å². The van der Waals surface area contributed by atoms with Gasteiger partial charge in [0.1, 0.15) is 5.82 Å². The summed E-state index contributed by atoms with van der Waals surface area (Å²) in [7, 11) is 0. The molecule has 0 radical (unpaired) electrons. The summed E-state index contributed by atoms with van der Waals surface area (Å²) >= 11 is 0. The van der Waals surface area contributed by atoms with Crippen LogP contribution in [0.5, 0.6) is 0 Å². The second kappa shape index (κ2) is 8.23. The molecule has 1 saturated carbocycles. The lowest BCUT2D eigenvalue weighted by molar-refractivity contribution is -0.0992. The van der Waals surface area contributed by atoms with Crippen LogP contribution in [0.15, 0.2) is 83.1 Å². The summed E-state index contributed by atoms with van der Waals surface area (Å²) in [6.45, 7) is 6.71. The maximum absolute atomic E-state index is 13.9. The van der Waals surface area contributed by atoms with E-state index in [1.807, 2.05) is 37.3 Å². The Balaban J connectivity index is 1.44. The number of carbonyl (C=O) groups excluding carboxylic acids is 1. The number of ether oxygens (including phenoxy) is 1. The molecule has 34 heavy (non-hydrogen) atoms. The van der Waals surface area contributed by atoms with E-state index in [-0.39, 0.29) is 22.8 Å². The molecule has 2 N–H and O–H groups in total. The molecule has 0 heterocycles. The number of fused-ring (bicyclic) bond motifs is 1. The summed E-state index contributed by atoms with van der Waals surface area (Å²) in [5.41, 5.74) is 15.4. The smallest absolute Gasteiger partial charge is 0.249 e. The fourth-order valence-electron chi connectivity index (χ4n) is 5.96. The molecule has 3 aliphatic carbocycles. The Morgan fingerprint density at radius 1 is 1.24 bits per heavy atom. The van der Waals surface area contributed by atoms with E-state index < -0.39 is 5.91 Å². The van der Waals surface area contributed by atoms with Crippen LogP contribution in [-0.2, 0) is 11.3 Å². The van der Waals surface area contributed by atoms with Gasteiger partial charge >= 0.3 is 0 Å². The summed E-state index contributed by atoms with van der Waals surface area (Å²) in [5, 5.41) is 0. The van der Waals surface area contributed by atoms with Crippen LogP contribution in [0.1, 0.15) is 66.1 Å². The number of hydrogen-bond donors (Lipinski definition) is 1. The highest BCUT2D eigenvalue weighted by Crippen LogP contribution is 2.59. The van der Waals surface area contributed by atoms with Gasteiger partial charge in [-0.15, -0.1) is 5.73 Å². The van der Waals surface area contributed by atoms with Crippen LogP contribution in [0, 0.1) is 18.2 Å². The highest BCUT2D eigenvalue weighted by Gasteiger charge is 2.54. The monoisotopic (exact) mass is 455 g/mol. The van der Waals surface area contributed by atoms with E-state index in [1.165, 1.54) is 22.8 Å². The number of carbonyl (C=O) groups is 1. The Kier molecular flexibility index (Phi) is 5.47. The fraction of sp³-hybridized carbons (Fsp3) is 0.333. The number of aryl methyl sites for hydroxylation is 1. The minimum atomic E-state index is -0.421. The molecule has 174 valence electrons. The number of benzene rings is 2. The topological polar surface area (TPSA) is 52.3 Å². The number of primary amides is 1. The van der Waals surface area contributed by atoms with Crippen LogP contribution in [0.3, 0.4) is 0 Å². The molecule has 4 heteroatoms. The van der Waals surface area contributed by atoms with Gasteiger partial charge in [-0.25, -0.2) is 4.39 Å². The quantitative estimate of drug-likeness (QED) is 0.527. The van der Waals surface area contributed by atoms with Gasteiger partial charge < -0.3 is 10.5 Å². The second-order valence-corrected chi connectivity index (χ2v) is 10.2. The molecule has 2 aromatic carbocycles. The van der Waals surface area contributed by atoms with Crippen molar-refractivity contribution in [1.29, 1.82) is 0 Å². The molecular weight excluding hydrogens is 425 g/mol. The van der Waals surface area contributed by atoms with Crippen molar-refractivity contribution < 1.29 is 13.9 Å². The van der Waals surface area contributed by atoms with E-state index in [1.54, 1.807) is 12.1 Å². The van der Waals surface area contributed by atoms with E-state index in [0.717, 1.165) is 36.0 Å². The van der Waals surface area contributed by atoms with Gasteiger partial charge in [0.25, 0.3) is 0 Å². The number of amides is 1. The summed E-state index contributed by atoms with van der Waals surface area (Å²) in [6.07, 6.45) is 9.10. The Hall–Kier alpha value is -3.20. The van der Waals surface area contributed by atoms with Gasteiger partial charge in [-0.3, -0.25) is 4.79 Å². The third-order valence-corrected chi connectivity index (χ3v) is 8.21. The predicted octanol–water partition coefficient (Wildman–Crippen LogP) is 6.44. The molecule has 1 fully saturated rings. The van der Waals surface area contributed by atoms with E-state index >= 15 is 0 Å². The Morgan fingerprint density at radius 2 is 2.03 bits per heavy atom. The third kappa shape index (κ3) is 3.58. The third-order valence-electron chi connectivity index (χ3n) is 8.21. The summed E-state index contributed by atoms with van der Waals surface area (Å²) < 4.78 is 20.6. The minimum absolute atomic E-state index is 0.00550. The molecule has 1 amide bonds. The number of allylic oxidation sites excluding steroid dienone is 4. The Labute approximate surface area is 200 Å². The first-order valence-electron chi connectivity index (χ1n) is 11.9. The van der Waals surface area contributed by atoms with E-state index in [0.29, 0.717) is 12.2 Å². The van der Waals surface area contributed by atoms with Gasteiger partial charge in [0.2, 0.25) is 5.91 Å². The molecule has 2 aromatic rings. The average Bonchev–Trinajstić information content (AvgIpc) is 3.05. The van der Waals surface area contributed by atoms with Crippen molar-refractivity contribution in [3.8, 4) is 0 Å². The Morgan fingerprint density at radius 3 is 2.79 bits per heavy atom. The lowest BCUT2D eigenvalue weighted by atomic mass is 9.65. The average molecular weight is 456 g/mol. The van der Waals surface area contributed by atoms with Crippen molar-refractivity contribution >= 4 is 5.91 Å². The summed E-state index contributed by atoms with van der Waals surface area (Å²) in [5.74, 6) is -0.634. The summed E-state index contributed by atoms with van der Waals surface area (Å²) in [6, 6.07) is 12.6. The van der Waals surface area contributed by atoms with Gasteiger partial charge in [0.15, 0.2) is 0 Å². The van der Waals surface area contributed by atoms with Gasteiger partial charge in [-0.1, -0.05) is 48.9 Å². The molecule has 0 saturated heterocycles. The van der Waals surface area contributed by atoms with Crippen LogP contribution < -0.4 is 5.73 Å². The molecule has 5 rings (SSSR count). The lowest BCUT2D eigenvalue weighted by Crippen LogP contribution is -2.44. The van der Waals surface area contributed by atoms with Crippen molar-refractivity contribution in [2.45, 2.75) is 58.2 Å². The molecule has 0 bridgehead atoms. The molecule has 0 aromatic heterocycles. The normalized spacial score (nSPS) is 27.4. The zero-order valence-electron chi connectivity index (χ0n) is 20.0. The van der Waals surface area contributed by atoms with Gasteiger partial charge in [0.05, 0.1) is 12.2 Å². The first kappa shape index (κ1) is 22.6. The number of rotatable bonds is 5. The van der Waals surface area contributed by atoms with Crippen molar-refractivity contribution in [3.63, 3.8) is 0 Å². The largest absolute Gasteiger partial charge is 0.370 e. The lowest BCUT2D eigenvalue weighted by Gasteiger charge is -2.45. The van der Waals surface area contributed by atoms with Crippen molar-refractivity contribution in [1.82, 2.24) is 0 Å². The molecule has 3 nitrogen and oxygen atoms in total. The van der Waals surface area contributed by atoms with Crippen LogP contribution in [-0.4, -0.2) is 11.5 Å². The molecule has 3 aliphatic rings. The van der Waals surface area contributed by atoms with E-state index in [9.17, 15) is 9.18 Å². The zero-order chi connectivity index (χ0) is 24.1. The first-order valence-corrected chi connectivity index (χ1v) is 11.9. The Bertz CT molecular complexity index is 1310. The predicted molar refractivity (Wildman–Crippen MR) is 132 cm³/mol. The number of hydrogen-bond acceptors (Lipinski definition) is 2. The highest BCUT2D eigenvalue weighted by molar-refractivity contribution is 5.95. The molecule has 2 unspecified atom stereocenters. The maximum Gasteiger partial charge on any atom is 0.249 e. The second-order valence-electron chi connectivity index (χ2n) is 10.2. The summed E-state index contributed by atoms with van der Waals surface area (Å²) in [4.78, 5) is 12.0. The van der Waals surface area contributed by atoms with Crippen molar-refractivity contribution in [2.75, 3.05) is 0 Å². The number of halogens is 1. The fourth-order valence-corrected chi connectivity index (χ4v) is 5.96. The van der Waals surface area contributed by atoms with Gasteiger partial charge in [-0.05, 0) is 85.2 Å². The van der Waals surface area contributed by atoms with E-state index in [4.69, 9.17) is 10.5 Å². The van der Waals surface area contributed by atoms with Crippen LogP contribution in [0.4, 0.5) is 4.39 Å². The van der Waals surface area contributed by atoms with Crippen LogP contribution >= 0.6 is 0 Å². The highest BCUT2D eigenvalue weighted by atomic mass is 19.1. The first-order chi connectivity index (χ1) is 16.2. The molecule has 3 atom stereocenters. The SMILES string of the molecule is Cc1cccc(CO[C@@]2(C)CCC3=CC4=C(C=C=CC4c4cccc(F)c4)CC32C)c1C(N)=O. The molecule has 0 aliphatic heterocycles.